The van der Waals surface area contributed by atoms with Crippen LogP contribution in [0.15, 0.2) is 209 Å². The van der Waals surface area contributed by atoms with Crippen LogP contribution in [0.3, 0.4) is 0 Å². The second-order valence-electron chi connectivity index (χ2n) is 14.0. The zero-order valence-corrected chi connectivity index (χ0v) is 29.8. The molecule has 0 aliphatic rings. The Bertz CT molecular complexity index is 3180. The maximum Gasteiger partial charge on any atom is 0.143 e. The SMILES string of the molecule is c1ccc(-c2ccc(N(c3ccc(-c4cccc5c4oc4c(-c6cccc7c6oc6ccccc67)cccc45)cc3)c3cccc4ccccc34)cc2)cc1. The second-order valence-corrected chi connectivity index (χ2v) is 14.0. The van der Waals surface area contributed by atoms with Crippen LogP contribution in [0.4, 0.5) is 17.1 Å². The summed E-state index contributed by atoms with van der Waals surface area (Å²) < 4.78 is 13.4. The lowest BCUT2D eigenvalue weighted by Gasteiger charge is -2.27. The Balaban J connectivity index is 1.03. The summed E-state index contributed by atoms with van der Waals surface area (Å²) in [7, 11) is 0. The van der Waals surface area contributed by atoms with E-state index in [1.165, 1.54) is 21.9 Å². The van der Waals surface area contributed by atoms with Crippen LogP contribution in [0.2, 0.25) is 0 Å². The summed E-state index contributed by atoms with van der Waals surface area (Å²) in [5.41, 5.74) is 13.4. The number of fused-ring (bicyclic) bond motifs is 7. The third kappa shape index (κ3) is 5.13. The number of nitrogens with zero attached hydrogens (tertiary/aromatic N) is 1. The van der Waals surface area contributed by atoms with Gasteiger partial charge < -0.3 is 13.7 Å². The van der Waals surface area contributed by atoms with Crippen LogP contribution >= 0.6 is 0 Å². The van der Waals surface area contributed by atoms with Gasteiger partial charge in [0.1, 0.15) is 22.3 Å². The zero-order chi connectivity index (χ0) is 36.3. The predicted octanol–water partition coefficient (Wildman–Crippen LogP) is 15.1. The first-order valence-corrected chi connectivity index (χ1v) is 18.7. The van der Waals surface area contributed by atoms with Crippen molar-refractivity contribution in [1.29, 1.82) is 0 Å². The lowest BCUT2D eigenvalue weighted by Crippen LogP contribution is -2.10. The molecule has 0 N–H and O–H groups in total. The fraction of sp³-hybridized carbons (Fsp3) is 0. The lowest BCUT2D eigenvalue weighted by molar-refractivity contribution is 0.665. The van der Waals surface area contributed by atoms with Gasteiger partial charge in [0, 0.05) is 55.0 Å². The molecule has 0 aliphatic heterocycles. The minimum absolute atomic E-state index is 0.857. The smallest absolute Gasteiger partial charge is 0.143 e. The average molecular weight is 704 g/mol. The van der Waals surface area contributed by atoms with E-state index in [4.69, 9.17) is 8.83 Å². The number of hydrogen-bond donors (Lipinski definition) is 0. The zero-order valence-electron chi connectivity index (χ0n) is 29.8. The third-order valence-electron chi connectivity index (χ3n) is 10.9. The molecular formula is C52H33NO2. The molecule has 0 radical (unpaired) electrons. The molecule has 3 nitrogen and oxygen atoms in total. The van der Waals surface area contributed by atoms with E-state index < -0.39 is 0 Å². The van der Waals surface area contributed by atoms with E-state index in [1.54, 1.807) is 0 Å². The van der Waals surface area contributed by atoms with E-state index >= 15 is 0 Å². The molecule has 0 atom stereocenters. The molecule has 258 valence electrons. The van der Waals surface area contributed by atoms with Gasteiger partial charge in [-0.05, 0) is 58.5 Å². The van der Waals surface area contributed by atoms with Gasteiger partial charge in [-0.2, -0.15) is 0 Å². The van der Waals surface area contributed by atoms with Gasteiger partial charge in [0.2, 0.25) is 0 Å². The summed E-state index contributed by atoms with van der Waals surface area (Å²) in [6.07, 6.45) is 0. The molecular weight excluding hydrogens is 671 g/mol. The number of benzene rings is 9. The molecule has 2 aromatic heterocycles. The van der Waals surface area contributed by atoms with Gasteiger partial charge in [-0.3, -0.25) is 0 Å². The summed E-state index contributed by atoms with van der Waals surface area (Å²) in [6, 6.07) is 70.8. The minimum Gasteiger partial charge on any atom is -0.455 e. The number of para-hydroxylation sites is 4. The molecule has 9 aromatic carbocycles. The lowest BCUT2D eigenvalue weighted by atomic mass is 9.98. The van der Waals surface area contributed by atoms with Gasteiger partial charge in [0.05, 0.1) is 5.69 Å². The summed E-state index contributed by atoms with van der Waals surface area (Å²) in [5, 5.41) is 6.79. The quantitative estimate of drug-likeness (QED) is 0.173. The van der Waals surface area contributed by atoms with Gasteiger partial charge in [0.25, 0.3) is 0 Å². The van der Waals surface area contributed by atoms with E-state index in [0.717, 1.165) is 83.2 Å². The normalized spacial score (nSPS) is 11.6. The summed E-state index contributed by atoms with van der Waals surface area (Å²) in [5.74, 6) is 0. The maximum atomic E-state index is 6.91. The number of rotatable bonds is 6. The van der Waals surface area contributed by atoms with Crippen molar-refractivity contribution < 1.29 is 8.83 Å². The van der Waals surface area contributed by atoms with E-state index in [9.17, 15) is 0 Å². The Morgan fingerprint density at radius 1 is 0.291 bits per heavy atom. The molecule has 11 aromatic rings. The Labute approximate surface area is 317 Å². The molecule has 0 spiro atoms. The fourth-order valence-electron chi connectivity index (χ4n) is 8.27. The number of furan rings is 2. The molecule has 2 heterocycles. The maximum absolute atomic E-state index is 6.91. The standard InChI is InChI=1S/C52H33NO2/c1-2-12-34(13-3-1)35-26-30-38(31-27-35)53(48-24-8-15-36-14-4-5-16-40(36)48)39-32-28-37(29-33-39)41-18-9-20-44-46-22-11-23-47(52(46)55-50(41)44)45-21-10-19-43-42-17-6-7-25-49(42)54-51(43)45/h1-33H. The van der Waals surface area contributed by atoms with Crippen molar-refractivity contribution in [3.05, 3.63) is 200 Å². The first kappa shape index (κ1) is 31.2. The largest absolute Gasteiger partial charge is 0.455 e. The monoisotopic (exact) mass is 703 g/mol. The molecule has 0 bridgehead atoms. The first-order chi connectivity index (χ1) is 27.3. The van der Waals surface area contributed by atoms with Crippen molar-refractivity contribution in [2.45, 2.75) is 0 Å². The van der Waals surface area contributed by atoms with Crippen molar-refractivity contribution in [2.24, 2.45) is 0 Å². The molecule has 55 heavy (non-hydrogen) atoms. The van der Waals surface area contributed by atoms with Gasteiger partial charge in [-0.25, -0.2) is 0 Å². The van der Waals surface area contributed by atoms with E-state index in [2.05, 4.69) is 193 Å². The van der Waals surface area contributed by atoms with Crippen molar-refractivity contribution in [2.75, 3.05) is 4.90 Å². The van der Waals surface area contributed by atoms with Gasteiger partial charge >= 0.3 is 0 Å². The van der Waals surface area contributed by atoms with E-state index in [0.29, 0.717) is 0 Å². The third-order valence-corrected chi connectivity index (χ3v) is 10.9. The molecule has 0 fully saturated rings. The highest BCUT2D eigenvalue weighted by Gasteiger charge is 2.20. The molecule has 0 saturated heterocycles. The first-order valence-electron chi connectivity index (χ1n) is 18.7. The summed E-state index contributed by atoms with van der Waals surface area (Å²) in [4.78, 5) is 2.35. The average Bonchev–Trinajstić information content (AvgIpc) is 3.84. The van der Waals surface area contributed by atoms with Crippen molar-refractivity contribution in [3.63, 3.8) is 0 Å². The molecule has 3 heteroatoms. The molecule has 0 unspecified atom stereocenters. The molecule has 0 saturated carbocycles. The van der Waals surface area contributed by atoms with Crippen molar-refractivity contribution in [1.82, 2.24) is 0 Å². The van der Waals surface area contributed by atoms with E-state index in [1.807, 2.05) is 12.1 Å². The molecule has 11 rings (SSSR count). The topological polar surface area (TPSA) is 29.5 Å². The van der Waals surface area contributed by atoms with Crippen LogP contribution in [-0.2, 0) is 0 Å². The Hall–Kier alpha value is -7.36. The Morgan fingerprint density at radius 3 is 1.47 bits per heavy atom. The predicted molar refractivity (Wildman–Crippen MR) is 229 cm³/mol. The van der Waals surface area contributed by atoms with Gasteiger partial charge in [0.15, 0.2) is 0 Å². The fourth-order valence-corrected chi connectivity index (χ4v) is 8.27. The highest BCUT2D eigenvalue weighted by atomic mass is 16.3. The highest BCUT2D eigenvalue weighted by Crippen LogP contribution is 2.44. The number of anilines is 3. The van der Waals surface area contributed by atoms with Crippen LogP contribution < -0.4 is 4.90 Å². The number of hydrogen-bond acceptors (Lipinski definition) is 3. The van der Waals surface area contributed by atoms with E-state index in [-0.39, 0.29) is 0 Å². The van der Waals surface area contributed by atoms with Crippen LogP contribution in [0.25, 0.3) is 88.0 Å². The van der Waals surface area contributed by atoms with Gasteiger partial charge in [-0.15, -0.1) is 0 Å². The van der Waals surface area contributed by atoms with Gasteiger partial charge in [-0.1, -0.05) is 164 Å². The van der Waals surface area contributed by atoms with Crippen LogP contribution in [0, 0.1) is 0 Å². The molecule has 0 amide bonds. The Morgan fingerprint density at radius 2 is 0.764 bits per heavy atom. The van der Waals surface area contributed by atoms with Crippen molar-refractivity contribution >= 4 is 71.7 Å². The minimum atomic E-state index is 0.857. The summed E-state index contributed by atoms with van der Waals surface area (Å²) >= 11 is 0. The van der Waals surface area contributed by atoms with Crippen molar-refractivity contribution in [3.8, 4) is 33.4 Å². The highest BCUT2D eigenvalue weighted by molar-refractivity contribution is 6.16. The summed E-state index contributed by atoms with van der Waals surface area (Å²) in [6.45, 7) is 0. The van der Waals surface area contributed by atoms with Crippen LogP contribution in [0.1, 0.15) is 0 Å². The van der Waals surface area contributed by atoms with Crippen LogP contribution in [0.5, 0.6) is 0 Å². The molecule has 0 aliphatic carbocycles. The second kappa shape index (κ2) is 12.6. The Kier molecular flexibility index (Phi) is 7.17. The van der Waals surface area contributed by atoms with Crippen LogP contribution in [-0.4, -0.2) is 0 Å².